The number of hydrogen-bond donors (Lipinski definition) is 1. The molecule has 0 fully saturated rings. The van der Waals surface area contributed by atoms with Gasteiger partial charge in [0.2, 0.25) is 0 Å². The van der Waals surface area contributed by atoms with Crippen molar-refractivity contribution in [3.63, 3.8) is 0 Å². The van der Waals surface area contributed by atoms with Gasteiger partial charge in [-0.15, -0.1) is 0 Å². The number of allylic oxidation sites excluding steroid dienone is 2. The molecule has 1 N–H and O–H groups in total. The molecule has 19 heavy (non-hydrogen) atoms. The van der Waals surface area contributed by atoms with Gasteiger partial charge in [-0.2, -0.15) is 0 Å². The van der Waals surface area contributed by atoms with Crippen LogP contribution in [0.2, 0.25) is 0 Å². The number of nitrogens with zero attached hydrogens (tertiary/aromatic N) is 1. The first kappa shape index (κ1) is 15.1. The van der Waals surface area contributed by atoms with E-state index in [1.54, 1.807) is 13.8 Å². The summed E-state index contributed by atoms with van der Waals surface area (Å²) in [6, 6.07) is 2.51. The molecule has 0 amide bonds. The molecule has 1 aromatic carbocycles. The Morgan fingerprint density at radius 1 is 1.26 bits per heavy atom. The van der Waals surface area contributed by atoms with E-state index in [-0.39, 0.29) is 5.69 Å². The molecule has 4 heteroatoms. The van der Waals surface area contributed by atoms with Crippen LogP contribution in [-0.2, 0) is 0 Å². The Balaban J connectivity index is 3.06. The van der Waals surface area contributed by atoms with Gasteiger partial charge in [0.15, 0.2) is 11.6 Å². The minimum Gasteiger partial charge on any atom is -0.344 e. The summed E-state index contributed by atoms with van der Waals surface area (Å²) in [5.74, 6) is -0.940. The maximum atomic E-state index is 13.6. The first-order chi connectivity index (χ1) is 8.85. The van der Waals surface area contributed by atoms with Crippen molar-refractivity contribution < 1.29 is 8.78 Å². The van der Waals surface area contributed by atoms with Gasteiger partial charge in [0.05, 0.1) is 0 Å². The summed E-state index contributed by atoms with van der Waals surface area (Å²) in [5.41, 5.74) is 1.83. The van der Waals surface area contributed by atoms with Crippen molar-refractivity contribution in [2.75, 3.05) is 0 Å². The molecule has 1 aromatic rings. The van der Waals surface area contributed by atoms with Crippen molar-refractivity contribution in [1.29, 1.82) is 0 Å². The minimum atomic E-state index is -0.670. The lowest BCUT2D eigenvalue weighted by molar-refractivity contribution is 0.585. The lowest BCUT2D eigenvalue weighted by atomic mass is 10.2. The monoisotopic (exact) mass is 264 g/mol. The van der Waals surface area contributed by atoms with Gasteiger partial charge in [-0.05, 0) is 51.0 Å². The number of benzene rings is 1. The second-order valence-electron chi connectivity index (χ2n) is 4.38. The maximum Gasteiger partial charge on any atom is 0.152 e. The van der Waals surface area contributed by atoms with E-state index in [4.69, 9.17) is 0 Å². The van der Waals surface area contributed by atoms with E-state index in [2.05, 4.69) is 16.9 Å². The van der Waals surface area contributed by atoms with E-state index >= 15 is 0 Å². The van der Waals surface area contributed by atoms with E-state index in [9.17, 15) is 8.78 Å². The van der Waals surface area contributed by atoms with Gasteiger partial charge in [-0.3, -0.25) is 0 Å². The third kappa shape index (κ3) is 4.02. The normalized spacial score (nSPS) is 12.5. The second kappa shape index (κ2) is 6.27. The number of aryl methyl sites for hydroxylation is 1. The summed E-state index contributed by atoms with van der Waals surface area (Å²) >= 11 is 0. The van der Waals surface area contributed by atoms with Crippen molar-refractivity contribution in [3.05, 3.63) is 53.3 Å². The topological polar surface area (TPSA) is 24.4 Å². The molecule has 0 bridgehead atoms. The van der Waals surface area contributed by atoms with Gasteiger partial charge in [0.1, 0.15) is 11.5 Å². The highest BCUT2D eigenvalue weighted by atomic mass is 19.1. The fourth-order valence-electron chi connectivity index (χ4n) is 1.61. The van der Waals surface area contributed by atoms with Gasteiger partial charge >= 0.3 is 0 Å². The zero-order chi connectivity index (χ0) is 14.6. The molecule has 0 aliphatic heterocycles. The van der Waals surface area contributed by atoms with Gasteiger partial charge in [-0.25, -0.2) is 13.8 Å². The van der Waals surface area contributed by atoms with Crippen LogP contribution in [0, 0.1) is 18.6 Å². The molecule has 0 spiro atoms. The number of hydrogen-bond acceptors (Lipinski definition) is 1. The molecule has 0 aliphatic rings. The molecule has 0 radical (unpaired) electrons. The van der Waals surface area contributed by atoms with E-state index in [1.165, 1.54) is 12.1 Å². The van der Waals surface area contributed by atoms with Crippen LogP contribution in [-0.4, -0.2) is 5.84 Å². The molecule has 0 aromatic heterocycles. The average molecular weight is 264 g/mol. The quantitative estimate of drug-likeness (QED) is 0.488. The Morgan fingerprint density at radius 3 is 2.21 bits per heavy atom. The first-order valence-corrected chi connectivity index (χ1v) is 5.95. The molecule has 0 aliphatic carbocycles. The number of halogens is 2. The van der Waals surface area contributed by atoms with Gasteiger partial charge in [-0.1, -0.05) is 12.7 Å². The third-order valence-electron chi connectivity index (χ3n) is 2.50. The summed E-state index contributed by atoms with van der Waals surface area (Å²) in [6.07, 6.45) is 1.82. The SMILES string of the molecule is C=C(C)/C(=C\C)NC(C)=Nc1c(F)cc(C)cc1F. The van der Waals surface area contributed by atoms with Crippen molar-refractivity contribution >= 4 is 11.5 Å². The van der Waals surface area contributed by atoms with Crippen LogP contribution in [0.4, 0.5) is 14.5 Å². The van der Waals surface area contributed by atoms with Crippen molar-refractivity contribution in [2.45, 2.75) is 27.7 Å². The summed E-state index contributed by atoms with van der Waals surface area (Å²) in [4.78, 5) is 3.94. The van der Waals surface area contributed by atoms with Crippen LogP contribution in [0.15, 0.2) is 41.1 Å². The highest BCUT2D eigenvalue weighted by molar-refractivity contribution is 5.84. The average Bonchev–Trinajstić information content (AvgIpc) is 2.30. The molecule has 0 atom stereocenters. The smallest absolute Gasteiger partial charge is 0.152 e. The van der Waals surface area contributed by atoms with E-state index in [0.29, 0.717) is 11.4 Å². The predicted octanol–water partition coefficient (Wildman–Crippen LogP) is 4.39. The Kier molecular flexibility index (Phi) is 4.98. The predicted molar refractivity (Wildman–Crippen MR) is 75.6 cm³/mol. The van der Waals surface area contributed by atoms with Gasteiger partial charge in [0, 0.05) is 5.70 Å². The van der Waals surface area contributed by atoms with Crippen LogP contribution in [0.1, 0.15) is 26.3 Å². The zero-order valence-corrected chi connectivity index (χ0v) is 11.6. The van der Waals surface area contributed by atoms with Crippen molar-refractivity contribution in [3.8, 4) is 0 Å². The fraction of sp³-hybridized carbons (Fsp3) is 0.267. The maximum absolute atomic E-state index is 13.6. The number of rotatable bonds is 3. The Labute approximate surface area is 112 Å². The molecule has 1 rings (SSSR count). The van der Waals surface area contributed by atoms with E-state index in [0.717, 1.165) is 11.3 Å². The van der Waals surface area contributed by atoms with Crippen LogP contribution < -0.4 is 5.32 Å². The van der Waals surface area contributed by atoms with Crippen LogP contribution in [0.25, 0.3) is 0 Å². The highest BCUT2D eigenvalue weighted by Crippen LogP contribution is 2.23. The Bertz CT molecular complexity index is 534. The Morgan fingerprint density at radius 2 is 1.79 bits per heavy atom. The standard InChI is InChI=1S/C15H18F2N2/c1-6-14(9(2)3)18-11(5)19-15-12(16)7-10(4)8-13(15)17/h6-8H,2H2,1,3-5H3,(H,18,19)/b14-6+. The van der Waals surface area contributed by atoms with Gasteiger partial charge in [0.25, 0.3) is 0 Å². The van der Waals surface area contributed by atoms with Crippen LogP contribution in [0.3, 0.4) is 0 Å². The number of amidine groups is 1. The summed E-state index contributed by atoms with van der Waals surface area (Å²) < 4.78 is 27.3. The molecular formula is C15H18F2N2. The lowest BCUT2D eigenvalue weighted by Crippen LogP contribution is -2.20. The minimum absolute atomic E-state index is 0.284. The summed E-state index contributed by atoms with van der Waals surface area (Å²) in [6.45, 7) is 10.8. The molecule has 102 valence electrons. The largest absolute Gasteiger partial charge is 0.344 e. The molecule has 0 heterocycles. The second-order valence-corrected chi connectivity index (χ2v) is 4.38. The molecular weight excluding hydrogens is 246 g/mol. The lowest BCUT2D eigenvalue weighted by Gasteiger charge is -2.10. The van der Waals surface area contributed by atoms with Gasteiger partial charge < -0.3 is 5.32 Å². The molecule has 0 saturated heterocycles. The van der Waals surface area contributed by atoms with E-state index in [1.807, 2.05) is 19.9 Å². The van der Waals surface area contributed by atoms with Crippen molar-refractivity contribution in [2.24, 2.45) is 4.99 Å². The van der Waals surface area contributed by atoms with Crippen LogP contribution >= 0.6 is 0 Å². The van der Waals surface area contributed by atoms with Crippen molar-refractivity contribution in [1.82, 2.24) is 5.32 Å². The third-order valence-corrected chi connectivity index (χ3v) is 2.50. The summed E-state index contributed by atoms with van der Waals surface area (Å²) in [5, 5.41) is 2.96. The summed E-state index contributed by atoms with van der Waals surface area (Å²) in [7, 11) is 0. The first-order valence-electron chi connectivity index (χ1n) is 5.95. The Hall–Kier alpha value is -1.97. The van der Waals surface area contributed by atoms with Crippen LogP contribution in [0.5, 0.6) is 0 Å². The molecule has 0 unspecified atom stereocenters. The number of aliphatic imine (C=N–C) groups is 1. The highest BCUT2D eigenvalue weighted by Gasteiger charge is 2.09. The molecule has 2 nitrogen and oxygen atoms in total. The fourth-order valence-corrected chi connectivity index (χ4v) is 1.61. The van der Waals surface area contributed by atoms with E-state index < -0.39 is 11.6 Å². The molecule has 0 saturated carbocycles. The number of nitrogens with one attached hydrogen (secondary N) is 1. The zero-order valence-electron chi connectivity index (χ0n) is 11.6.